The lowest BCUT2D eigenvalue weighted by Crippen LogP contribution is -2.45. The maximum Gasteiger partial charge on any atom is 0.228 e. The first-order valence-corrected chi connectivity index (χ1v) is 9.08. The Hall–Kier alpha value is -1.70. The maximum atomic E-state index is 12.8. The molecule has 2 rings (SSSR count). The van der Waals surface area contributed by atoms with Crippen molar-refractivity contribution in [3.8, 4) is 0 Å². The molecule has 3 N–H and O–H groups in total. The van der Waals surface area contributed by atoms with Gasteiger partial charge in [-0.15, -0.1) is 0 Å². The normalized spacial score (nSPS) is 19.5. The van der Waals surface area contributed by atoms with Gasteiger partial charge in [-0.1, -0.05) is 28.1 Å². The molecule has 2 unspecified atom stereocenters. The van der Waals surface area contributed by atoms with Gasteiger partial charge in [-0.2, -0.15) is 0 Å². The Bertz CT molecular complexity index is 612. The summed E-state index contributed by atoms with van der Waals surface area (Å²) in [6.07, 6.45) is 4.79. The lowest BCUT2D eigenvalue weighted by Gasteiger charge is -2.31. The van der Waals surface area contributed by atoms with E-state index in [0.29, 0.717) is 18.5 Å². The van der Waals surface area contributed by atoms with E-state index in [4.69, 9.17) is 10.2 Å². The Labute approximate surface area is 155 Å². The van der Waals surface area contributed by atoms with Gasteiger partial charge in [-0.3, -0.25) is 9.59 Å². The molecule has 0 fully saturated rings. The van der Waals surface area contributed by atoms with Gasteiger partial charge in [-0.25, -0.2) is 0 Å². The Balaban J connectivity index is 2.10. The molecule has 0 aromatic heterocycles. The first-order chi connectivity index (χ1) is 12.1. The van der Waals surface area contributed by atoms with E-state index in [1.165, 1.54) is 4.90 Å². The molecule has 0 spiro atoms. The number of aliphatic hydroxyl groups excluding tert-OH is 2. The van der Waals surface area contributed by atoms with Crippen molar-refractivity contribution in [2.24, 2.45) is 11.8 Å². The second-order valence-corrected chi connectivity index (χ2v) is 6.84. The van der Waals surface area contributed by atoms with Gasteiger partial charge >= 0.3 is 0 Å². The number of halogens is 1. The van der Waals surface area contributed by atoms with Crippen molar-refractivity contribution in [1.82, 2.24) is 4.90 Å². The Kier molecular flexibility index (Phi) is 7.61. The van der Waals surface area contributed by atoms with E-state index >= 15 is 0 Å². The second-order valence-electron chi connectivity index (χ2n) is 5.92. The number of carbonyl (C=O) groups excluding carboxylic acids is 2. The third-order valence-electron chi connectivity index (χ3n) is 4.25. The summed E-state index contributed by atoms with van der Waals surface area (Å²) in [5.74, 6) is -1.36. The van der Waals surface area contributed by atoms with Crippen LogP contribution in [0.1, 0.15) is 12.8 Å². The fraction of sp³-hybridized carbons (Fsp3) is 0.444. The fourth-order valence-corrected chi connectivity index (χ4v) is 3.22. The third-order valence-corrected chi connectivity index (χ3v) is 4.78. The number of rotatable bonds is 7. The molecule has 6 nitrogen and oxygen atoms in total. The van der Waals surface area contributed by atoms with Gasteiger partial charge in [0.2, 0.25) is 11.8 Å². The number of hydrogen-bond donors (Lipinski definition) is 3. The quantitative estimate of drug-likeness (QED) is 0.597. The minimum Gasteiger partial charge on any atom is -0.395 e. The Morgan fingerprint density at radius 3 is 2.16 bits per heavy atom. The fourth-order valence-electron chi connectivity index (χ4n) is 2.95. The molecule has 7 heteroatoms. The van der Waals surface area contributed by atoms with Crippen LogP contribution in [0.5, 0.6) is 0 Å². The number of carbonyl (C=O) groups is 2. The summed E-state index contributed by atoms with van der Waals surface area (Å²) in [6.45, 7) is -0.0462. The number of anilines is 1. The summed E-state index contributed by atoms with van der Waals surface area (Å²) in [5, 5.41) is 21.1. The van der Waals surface area contributed by atoms with Gasteiger partial charge in [0.05, 0.1) is 25.0 Å². The number of allylic oxidation sites excluding steroid dienone is 2. The molecule has 1 aromatic rings. The number of aliphatic hydroxyl groups is 2. The molecule has 1 aliphatic rings. The maximum absolute atomic E-state index is 12.8. The van der Waals surface area contributed by atoms with Crippen LogP contribution in [0, 0.1) is 11.8 Å². The predicted octanol–water partition coefficient (Wildman–Crippen LogP) is 1.78. The molecule has 2 atom stereocenters. The highest BCUT2D eigenvalue weighted by Crippen LogP contribution is 2.29. The van der Waals surface area contributed by atoms with E-state index < -0.39 is 11.8 Å². The Morgan fingerprint density at radius 1 is 1.04 bits per heavy atom. The summed E-state index contributed by atoms with van der Waals surface area (Å²) < 4.78 is 0.919. The highest BCUT2D eigenvalue weighted by molar-refractivity contribution is 9.10. The molecular weight excluding hydrogens is 388 g/mol. The summed E-state index contributed by atoms with van der Waals surface area (Å²) in [4.78, 5) is 26.9. The molecule has 2 amide bonds. The van der Waals surface area contributed by atoms with Crippen LogP contribution < -0.4 is 5.32 Å². The van der Waals surface area contributed by atoms with Crippen molar-refractivity contribution in [2.45, 2.75) is 12.8 Å². The van der Waals surface area contributed by atoms with E-state index in [1.54, 1.807) is 12.1 Å². The molecule has 136 valence electrons. The van der Waals surface area contributed by atoms with E-state index in [2.05, 4.69) is 21.2 Å². The topological polar surface area (TPSA) is 89.9 Å². The third kappa shape index (κ3) is 5.39. The summed E-state index contributed by atoms with van der Waals surface area (Å²) in [6, 6.07) is 7.26. The highest BCUT2D eigenvalue weighted by atomic mass is 79.9. The van der Waals surface area contributed by atoms with Crippen LogP contribution in [0.15, 0.2) is 40.9 Å². The van der Waals surface area contributed by atoms with Crippen LogP contribution in [0.2, 0.25) is 0 Å². The molecule has 0 saturated carbocycles. The van der Waals surface area contributed by atoms with Crippen molar-refractivity contribution in [2.75, 3.05) is 31.6 Å². The molecule has 0 radical (unpaired) electrons. The average Bonchev–Trinajstić information content (AvgIpc) is 2.63. The van der Waals surface area contributed by atoms with Crippen LogP contribution in [0.25, 0.3) is 0 Å². The van der Waals surface area contributed by atoms with Gasteiger partial charge in [0.25, 0.3) is 0 Å². The minimum absolute atomic E-state index is 0.153. The van der Waals surface area contributed by atoms with Crippen molar-refractivity contribution >= 4 is 33.4 Å². The van der Waals surface area contributed by atoms with E-state index in [0.717, 1.165) is 4.47 Å². The zero-order chi connectivity index (χ0) is 18.2. The van der Waals surface area contributed by atoms with E-state index in [1.807, 2.05) is 24.3 Å². The van der Waals surface area contributed by atoms with Crippen LogP contribution in [-0.2, 0) is 9.59 Å². The summed E-state index contributed by atoms with van der Waals surface area (Å²) in [5.41, 5.74) is 0.677. The highest BCUT2D eigenvalue weighted by Gasteiger charge is 2.36. The standard InChI is InChI=1S/C18H23BrN2O4/c19-13-5-7-14(8-6-13)20-17(24)15-3-1-2-4-16(15)18(25)21(9-11-22)10-12-23/h1-2,5-8,15-16,22-23H,3-4,9-12H2,(H,20,24). The molecule has 1 aromatic carbocycles. The smallest absolute Gasteiger partial charge is 0.228 e. The van der Waals surface area contributed by atoms with Crippen molar-refractivity contribution in [3.63, 3.8) is 0 Å². The zero-order valence-corrected chi connectivity index (χ0v) is 15.5. The number of nitrogens with zero attached hydrogens (tertiary/aromatic N) is 1. The SMILES string of the molecule is O=C(Nc1ccc(Br)cc1)C1CC=CCC1C(=O)N(CCO)CCO. The first kappa shape index (κ1) is 19.6. The monoisotopic (exact) mass is 410 g/mol. The number of benzene rings is 1. The molecule has 25 heavy (non-hydrogen) atoms. The zero-order valence-electron chi connectivity index (χ0n) is 13.9. The predicted molar refractivity (Wildman–Crippen MR) is 98.9 cm³/mol. The van der Waals surface area contributed by atoms with E-state index in [9.17, 15) is 9.59 Å². The number of amides is 2. The van der Waals surface area contributed by atoms with Crippen molar-refractivity contribution < 1.29 is 19.8 Å². The molecular formula is C18H23BrN2O4. The van der Waals surface area contributed by atoms with Gasteiger partial charge in [0.15, 0.2) is 0 Å². The van der Waals surface area contributed by atoms with Crippen LogP contribution in [0.4, 0.5) is 5.69 Å². The summed E-state index contributed by atoms with van der Waals surface area (Å²) in [7, 11) is 0. The van der Waals surface area contributed by atoms with Crippen LogP contribution in [-0.4, -0.2) is 53.2 Å². The minimum atomic E-state index is -0.487. The van der Waals surface area contributed by atoms with Crippen molar-refractivity contribution in [3.05, 3.63) is 40.9 Å². The summed E-state index contributed by atoms with van der Waals surface area (Å²) >= 11 is 3.35. The first-order valence-electron chi connectivity index (χ1n) is 8.28. The molecule has 0 heterocycles. The lowest BCUT2D eigenvalue weighted by atomic mass is 9.81. The molecule has 0 saturated heterocycles. The van der Waals surface area contributed by atoms with Crippen molar-refractivity contribution in [1.29, 1.82) is 0 Å². The molecule has 0 aliphatic heterocycles. The number of nitrogens with one attached hydrogen (secondary N) is 1. The second kappa shape index (κ2) is 9.70. The number of hydrogen-bond acceptors (Lipinski definition) is 4. The van der Waals surface area contributed by atoms with Crippen LogP contribution in [0.3, 0.4) is 0 Å². The van der Waals surface area contributed by atoms with Crippen LogP contribution >= 0.6 is 15.9 Å². The average molecular weight is 411 g/mol. The van der Waals surface area contributed by atoms with Gasteiger partial charge in [0, 0.05) is 23.2 Å². The molecule has 0 bridgehead atoms. The largest absolute Gasteiger partial charge is 0.395 e. The molecule has 1 aliphatic carbocycles. The lowest BCUT2D eigenvalue weighted by molar-refractivity contribution is -0.141. The van der Waals surface area contributed by atoms with E-state index in [-0.39, 0.29) is 38.1 Å². The Morgan fingerprint density at radius 2 is 1.60 bits per heavy atom. The van der Waals surface area contributed by atoms with Gasteiger partial charge < -0.3 is 20.4 Å². The van der Waals surface area contributed by atoms with Gasteiger partial charge in [-0.05, 0) is 37.1 Å². The van der Waals surface area contributed by atoms with Gasteiger partial charge in [0.1, 0.15) is 0 Å².